The molecule has 2 nitrogen and oxygen atoms in total. The van der Waals surface area contributed by atoms with Gasteiger partial charge in [0, 0.05) is 13.0 Å². The Kier molecular flexibility index (Phi) is 3.12. The Morgan fingerprint density at radius 3 is 2.83 bits per heavy atom. The molecule has 2 aliphatic rings. The van der Waals surface area contributed by atoms with Gasteiger partial charge in [0.1, 0.15) is 5.67 Å². The standard InChI is InChI=1S/C15H20FNO/c16-15(10-17,12-5-6-12)9-14-13-4-2-1-3-11(13)7-8-18-14/h1-4,12,14H,5-10,17H2. The van der Waals surface area contributed by atoms with Gasteiger partial charge in [-0.2, -0.15) is 0 Å². The maximum atomic E-state index is 14.8. The van der Waals surface area contributed by atoms with E-state index in [0.717, 1.165) is 24.8 Å². The number of ether oxygens (including phenoxy) is 1. The molecule has 0 amide bonds. The molecule has 1 aromatic rings. The molecule has 0 bridgehead atoms. The fourth-order valence-corrected chi connectivity index (χ4v) is 2.97. The Balaban J connectivity index is 1.81. The summed E-state index contributed by atoms with van der Waals surface area (Å²) in [5.41, 5.74) is 6.86. The van der Waals surface area contributed by atoms with E-state index in [1.807, 2.05) is 12.1 Å². The van der Waals surface area contributed by atoms with E-state index in [4.69, 9.17) is 10.5 Å². The Morgan fingerprint density at radius 2 is 2.11 bits per heavy atom. The van der Waals surface area contributed by atoms with E-state index in [9.17, 15) is 4.39 Å². The van der Waals surface area contributed by atoms with Crippen molar-refractivity contribution in [2.75, 3.05) is 13.2 Å². The fourth-order valence-electron chi connectivity index (χ4n) is 2.97. The topological polar surface area (TPSA) is 35.2 Å². The van der Waals surface area contributed by atoms with Crippen molar-refractivity contribution >= 4 is 0 Å². The molecule has 3 heteroatoms. The van der Waals surface area contributed by atoms with E-state index in [-0.39, 0.29) is 18.6 Å². The van der Waals surface area contributed by atoms with Crippen molar-refractivity contribution in [2.45, 2.75) is 37.5 Å². The van der Waals surface area contributed by atoms with Crippen LogP contribution in [0.1, 0.15) is 36.5 Å². The van der Waals surface area contributed by atoms with Crippen LogP contribution in [0, 0.1) is 5.92 Å². The third-order valence-corrected chi connectivity index (χ3v) is 4.27. The van der Waals surface area contributed by atoms with Crippen LogP contribution in [0.2, 0.25) is 0 Å². The number of hydrogen-bond acceptors (Lipinski definition) is 2. The lowest BCUT2D eigenvalue weighted by Gasteiger charge is -2.32. The van der Waals surface area contributed by atoms with E-state index in [1.54, 1.807) is 0 Å². The van der Waals surface area contributed by atoms with Crippen molar-refractivity contribution in [3.8, 4) is 0 Å². The zero-order valence-corrected chi connectivity index (χ0v) is 10.6. The van der Waals surface area contributed by atoms with Crippen LogP contribution in [0.15, 0.2) is 24.3 Å². The molecule has 18 heavy (non-hydrogen) atoms. The molecule has 2 N–H and O–H groups in total. The summed E-state index contributed by atoms with van der Waals surface area (Å²) in [7, 11) is 0. The molecule has 1 aliphatic heterocycles. The first-order valence-electron chi connectivity index (χ1n) is 6.81. The number of fused-ring (bicyclic) bond motifs is 1. The lowest BCUT2D eigenvalue weighted by atomic mass is 9.87. The molecule has 1 saturated carbocycles. The van der Waals surface area contributed by atoms with Gasteiger partial charge in [-0.15, -0.1) is 0 Å². The van der Waals surface area contributed by atoms with Crippen LogP contribution >= 0.6 is 0 Å². The summed E-state index contributed by atoms with van der Waals surface area (Å²) in [6.07, 6.45) is 3.16. The molecule has 1 aromatic carbocycles. The highest BCUT2D eigenvalue weighted by molar-refractivity contribution is 5.31. The summed E-state index contributed by atoms with van der Waals surface area (Å²) in [5, 5.41) is 0. The summed E-state index contributed by atoms with van der Waals surface area (Å²) in [4.78, 5) is 0. The minimum atomic E-state index is -1.24. The third-order valence-electron chi connectivity index (χ3n) is 4.27. The first-order valence-corrected chi connectivity index (χ1v) is 6.81. The average Bonchev–Trinajstić information content (AvgIpc) is 3.24. The molecular weight excluding hydrogens is 229 g/mol. The number of rotatable bonds is 4. The monoisotopic (exact) mass is 249 g/mol. The molecular formula is C15H20FNO. The van der Waals surface area contributed by atoms with Crippen molar-refractivity contribution in [1.82, 2.24) is 0 Å². The van der Waals surface area contributed by atoms with Crippen LogP contribution in [0.4, 0.5) is 4.39 Å². The number of halogens is 1. The van der Waals surface area contributed by atoms with Gasteiger partial charge < -0.3 is 10.5 Å². The Hall–Kier alpha value is -0.930. The molecule has 0 spiro atoms. The second-order valence-corrected chi connectivity index (χ2v) is 5.53. The Bertz CT molecular complexity index is 432. The van der Waals surface area contributed by atoms with E-state index in [0.29, 0.717) is 13.0 Å². The van der Waals surface area contributed by atoms with Crippen molar-refractivity contribution in [3.63, 3.8) is 0 Å². The molecule has 2 atom stereocenters. The SMILES string of the molecule is NCC(F)(CC1OCCc2ccccc21)C1CC1. The van der Waals surface area contributed by atoms with Crippen molar-refractivity contribution in [3.05, 3.63) is 35.4 Å². The molecule has 98 valence electrons. The van der Waals surface area contributed by atoms with Gasteiger partial charge in [0.2, 0.25) is 0 Å². The zero-order valence-electron chi connectivity index (χ0n) is 10.6. The van der Waals surface area contributed by atoms with Crippen LogP contribution in [-0.4, -0.2) is 18.8 Å². The largest absolute Gasteiger partial charge is 0.373 e. The lowest BCUT2D eigenvalue weighted by molar-refractivity contribution is -0.0120. The zero-order chi connectivity index (χ0) is 12.6. The number of benzene rings is 1. The minimum absolute atomic E-state index is 0.111. The number of alkyl halides is 1. The van der Waals surface area contributed by atoms with Crippen molar-refractivity contribution in [1.29, 1.82) is 0 Å². The van der Waals surface area contributed by atoms with Gasteiger partial charge in [-0.25, -0.2) is 4.39 Å². The fraction of sp³-hybridized carbons (Fsp3) is 0.600. The molecule has 2 unspecified atom stereocenters. The Morgan fingerprint density at radius 1 is 1.33 bits per heavy atom. The van der Waals surface area contributed by atoms with E-state index in [2.05, 4.69) is 12.1 Å². The van der Waals surface area contributed by atoms with Gasteiger partial charge >= 0.3 is 0 Å². The molecule has 1 heterocycles. The highest BCUT2D eigenvalue weighted by Crippen LogP contribution is 2.47. The summed E-state index contributed by atoms with van der Waals surface area (Å²) in [6, 6.07) is 8.21. The van der Waals surface area contributed by atoms with Gasteiger partial charge in [-0.3, -0.25) is 0 Å². The smallest absolute Gasteiger partial charge is 0.128 e. The maximum Gasteiger partial charge on any atom is 0.128 e. The van der Waals surface area contributed by atoms with Crippen molar-refractivity contribution < 1.29 is 9.13 Å². The second kappa shape index (κ2) is 4.63. The average molecular weight is 249 g/mol. The van der Waals surface area contributed by atoms with Gasteiger partial charge in [0.25, 0.3) is 0 Å². The summed E-state index contributed by atoms with van der Waals surface area (Å²) < 4.78 is 20.6. The van der Waals surface area contributed by atoms with Gasteiger partial charge in [-0.05, 0) is 36.3 Å². The predicted molar refractivity (Wildman–Crippen MR) is 69.1 cm³/mol. The van der Waals surface area contributed by atoms with E-state index < -0.39 is 5.67 Å². The molecule has 0 saturated heterocycles. The van der Waals surface area contributed by atoms with Crippen LogP contribution in [0.5, 0.6) is 0 Å². The van der Waals surface area contributed by atoms with Gasteiger partial charge in [-0.1, -0.05) is 24.3 Å². The molecule has 3 rings (SSSR count). The Labute approximate surface area is 107 Å². The molecule has 1 aliphatic carbocycles. The van der Waals surface area contributed by atoms with E-state index >= 15 is 0 Å². The number of nitrogens with two attached hydrogens (primary N) is 1. The molecule has 0 radical (unpaired) electrons. The normalized spacial score (nSPS) is 26.4. The van der Waals surface area contributed by atoms with Crippen LogP contribution in [-0.2, 0) is 11.2 Å². The third kappa shape index (κ3) is 2.17. The maximum absolute atomic E-state index is 14.8. The minimum Gasteiger partial charge on any atom is -0.373 e. The highest BCUT2D eigenvalue weighted by Gasteiger charge is 2.46. The lowest BCUT2D eigenvalue weighted by Crippen LogP contribution is -2.38. The van der Waals surface area contributed by atoms with Crippen LogP contribution in [0.3, 0.4) is 0 Å². The molecule has 1 fully saturated rings. The van der Waals surface area contributed by atoms with Crippen molar-refractivity contribution in [2.24, 2.45) is 11.7 Å². The summed E-state index contributed by atoms with van der Waals surface area (Å²) in [5.74, 6) is 0.153. The quantitative estimate of drug-likeness (QED) is 0.890. The van der Waals surface area contributed by atoms with E-state index in [1.165, 1.54) is 5.56 Å². The predicted octanol–water partition coefficient (Wildman–Crippen LogP) is 2.77. The first-order chi connectivity index (χ1) is 8.73. The number of hydrogen-bond donors (Lipinski definition) is 1. The van der Waals surface area contributed by atoms with Crippen LogP contribution < -0.4 is 5.73 Å². The summed E-state index contributed by atoms with van der Waals surface area (Å²) >= 11 is 0. The second-order valence-electron chi connectivity index (χ2n) is 5.53. The van der Waals surface area contributed by atoms with Crippen LogP contribution in [0.25, 0.3) is 0 Å². The highest BCUT2D eigenvalue weighted by atomic mass is 19.1. The molecule has 0 aromatic heterocycles. The first kappa shape index (κ1) is 12.1. The van der Waals surface area contributed by atoms with Gasteiger partial charge in [0.15, 0.2) is 0 Å². The summed E-state index contributed by atoms with van der Waals surface area (Å²) in [6.45, 7) is 0.798. The van der Waals surface area contributed by atoms with Gasteiger partial charge in [0.05, 0.1) is 12.7 Å².